The average Bonchev–Trinajstić information content (AvgIpc) is 2.83. The Morgan fingerprint density at radius 3 is 1.34 bits per heavy atom. The van der Waals surface area contributed by atoms with Gasteiger partial charge in [0.25, 0.3) is 0 Å². The van der Waals surface area contributed by atoms with E-state index >= 15 is 0 Å². The van der Waals surface area contributed by atoms with Crippen LogP contribution < -0.4 is 5.32 Å². The van der Waals surface area contributed by atoms with Crippen LogP contribution >= 0.6 is 11.8 Å². The molecule has 0 heterocycles. The number of benzene rings is 1. The monoisotopic (exact) mass is 607 g/mol. The Bertz CT molecular complexity index is 704. The molecule has 0 bridgehead atoms. The SMILES string of the molecule is C.C.C.C.CC.CC(C)=O.CCC.CCC.CNC(C)C(C)=O.CSc1ccccc1CN(C(C)=O)C(C)C(C)=O. The number of hydrogen-bond donors (Lipinski definition) is 1. The van der Waals surface area contributed by atoms with Gasteiger partial charge in [-0.3, -0.25) is 14.4 Å². The molecule has 1 rings (SSSR count). The highest BCUT2D eigenvalue weighted by molar-refractivity contribution is 7.98. The highest BCUT2D eigenvalue weighted by Gasteiger charge is 2.21. The molecule has 6 nitrogen and oxygen atoms in total. The van der Waals surface area contributed by atoms with E-state index in [-0.39, 0.29) is 65.0 Å². The van der Waals surface area contributed by atoms with Crippen LogP contribution in [0.4, 0.5) is 0 Å². The van der Waals surface area contributed by atoms with Crippen molar-refractivity contribution < 1.29 is 19.2 Å². The molecular weight excluding hydrogens is 532 g/mol. The van der Waals surface area contributed by atoms with Crippen molar-refractivity contribution in [3.05, 3.63) is 29.8 Å². The fraction of sp³-hybridized carbons (Fsp3) is 0.706. The zero-order valence-corrected chi connectivity index (χ0v) is 27.4. The van der Waals surface area contributed by atoms with E-state index in [9.17, 15) is 19.2 Å². The Hall–Kier alpha value is -1.99. The van der Waals surface area contributed by atoms with Crippen LogP contribution in [0.25, 0.3) is 0 Å². The maximum atomic E-state index is 11.7. The number of amides is 1. The summed E-state index contributed by atoms with van der Waals surface area (Å²) in [5.74, 6) is 0.280. The van der Waals surface area contributed by atoms with Crippen LogP contribution in [0.1, 0.15) is 138 Å². The maximum Gasteiger partial charge on any atom is 0.220 e. The predicted molar refractivity (Wildman–Crippen MR) is 190 cm³/mol. The molecule has 2 atom stereocenters. The fourth-order valence-electron chi connectivity index (χ4n) is 1.96. The van der Waals surface area contributed by atoms with Gasteiger partial charge in [-0.1, -0.05) is 102 Å². The number of nitrogens with zero attached hydrogens (tertiary/aromatic N) is 1. The minimum atomic E-state index is -0.377. The number of likely N-dealkylation sites (N-methyl/N-ethyl adjacent to an activating group) is 1. The van der Waals surface area contributed by atoms with Crippen LogP contribution in [0.15, 0.2) is 29.2 Å². The van der Waals surface area contributed by atoms with Gasteiger partial charge in [0, 0.05) is 18.4 Å². The van der Waals surface area contributed by atoms with Crippen LogP contribution in [0.5, 0.6) is 0 Å². The van der Waals surface area contributed by atoms with Crippen LogP contribution in [-0.2, 0) is 25.7 Å². The van der Waals surface area contributed by atoms with E-state index in [1.807, 2.05) is 51.3 Å². The van der Waals surface area contributed by atoms with E-state index in [4.69, 9.17) is 0 Å². The molecule has 0 saturated carbocycles. The second-order valence-electron chi connectivity index (χ2n) is 8.19. The third kappa shape index (κ3) is 45.2. The molecule has 0 radical (unpaired) electrons. The van der Waals surface area contributed by atoms with E-state index in [1.165, 1.54) is 40.5 Å². The number of carbonyl (C=O) groups is 4. The number of Topliss-reactive ketones (excluding diaryl/α,β-unsaturated/α-hetero) is 3. The molecule has 250 valence electrons. The van der Waals surface area contributed by atoms with Crippen LogP contribution in [-0.4, -0.2) is 53.5 Å². The minimum absolute atomic E-state index is 0. The summed E-state index contributed by atoms with van der Waals surface area (Å²) in [6, 6.07) is 7.58. The van der Waals surface area contributed by atoms with E-state index < -0.39 is 0 Å². The number of ketones is 3. The molecule has 1 aromatic rings. The zero-order valence-electron chi connectivity index (χ0n) is 26.6. The van der Waals surface area contributed by atoms with Gasteiger partial charge in [-0.2, -0.15) is 0 Å². The van der Waals surface area contributed by atoms with Gasteiger partial charge in [0.05, 0.1) is 12.1 Å². The van der Waals surface area contributed by atoms with Crippen molar-refractivity contribution in [1.82, 2.24) is 10.2 Å². The van der Waals surface area contributed by atoms with Gasteiger partial charge in [-0.25, -0.2) is 0 Å². The quantitative estimate of drug-likeness (QED) is 0.311. The van der Waals surface area contributed by atoms with E-state index in [1.54, 1.807) is 37.6 Å². The Morgan fingerprint density at radius 2 is 1.12 bits per heavy atom. The predicted octanol–water partition coefficient (Wildman–Crippen LogP) is 9.92. The normalized spacial score (nSPS) is 9.24. The maximum absolute atomic E-state index is 11.7. The molecule has 0 spiro atoms. The second kappa shape index (κ2) is 45.0. The Kier molecular flexibility index (Phi) is 68.7. The summed E-state index contributed by atoms with van der Waals surface area (Å²) < 4.78 is 0. The molecule has 1 N–H and O–H groups in total. The van der Waals surface area contributed by atoms with Crippen molar-refractivity contribution in [3.63, 3.8) is 0 Å². The topological polar surface area (TPSA) is 83.6 Å². The van der Waals surface area contributed by atoms with Crippen molar-refractivity contribution in [1.29, 1.82) is 0 Å². The molecule has 0 aliphatic carbocycles. The van der Waals surface area contributed by atoms with Gasteiger partial charge in [0.1, 0.15) is 11.6 Å². The van der Waals surface area contributed by atoms with Crippen molar-refractivity contribution in [3.8, 4) is 0 Å². The first kappa shape index (κ1) is 62.6. The van der Waals surface area contributed by atoms with Crippen molar-refractivity contribution in [2.75, 3.05) is 13.3 Å². The minimum Gasteiger partial charge on any atom is -0.329 e. The lowest BCUT2D eigenvalue weighted by Gasteiger charge is -2.27. The lowest BCUT2D eigenvalue weighted by atomic mass is 10.1. The molecule has 2 unspecified atom stereocenters. The van der Waals surface area contributed by atoms with Crippen molar-refractivity contribution >= 4 is 35.0 Å². The lowest BCUT2D eigenvalue weighted by Crippen LogP contribution is -2.40. The molecule has 0 saturated heterocycles. The average molecular weight is 607 g/mol. The standard InChI is InChI=1S/C14H19NO2S.C5H11NO.C3H6O.2C3H8.C2H6.4CH4/c1-10(11(2)16)15(12(3)17)9-13-7-5-6-8-14(13)18-4;1-4(6-3)5(2)7;1-3(2)4;2*1-3-2;1-2;;;;/h5-8,10H,9H2,1-4H3;4,6H,1-3H3;1-2H3;2*3H2,1-2H3;1-2H3;4*1H4. The van der Waals surface area contributed by atoms with Gasteiger partial charge in [-0.05, 0) is 66.5 Å². The van der Waals surface area contributed by atoms with Gasteiger partial charge in [0.2, 0.25) is 5.91 Å². The number of nitrogens with one attached hydrogen (secondary N) is 1. The Balaban J connectivity index is -0.0000000535. The largest absolute Gasteiger partial charge is 0.329 e. The van der Waals surface area contributed by atoms with Crippen molar-refractivity contribution in [2.24, 2.45) is 0 Å². The first-order chi connectivity index (χ1) is 17.2. The van der Waals surface area contributed by atoms with Gasteiger partial charge < -0.3 is 15.0 Å². The van der Waals surface area contributed by atoms with Crippen LogP contribution in [0, 0.1) is 0 Å². The van der Waals surface area contributed by atoms with Gasteiger partial charge in [0.15, 0.2) is 5.78 Å². The number of hydrogen-bond acceptors (Lipinski definition) is 6. The summed E-state index contributed by atoms with van der Waals surface area (Å²) in [6.07, 6.45) is 4.51. The molecule has 41 heavy (non-hydrogen) atoms. The molecule has 0 aliphatic rings. The molecule has 1 amide bonds. The molecular formula is C34H74N2O4S. The van der Waals surface area contributed by atoms with E-state index in [0.717, 1.165) is 10.5 Å². The van der Waals surface area contributed by atoms with Crippen molar-refractivity contribution in [2.45, 2.75) is 156 Å². The Morgan fingerprint density at radius 1 is 0.780 bits per heavy atom. The summed E-state index contributed by atoms with van der Waals surface area (Å²) in [5, 5.41) is 2.81. The van der Waals surface area contributed by atoms with E-state index in [0.29, 0.717) is 6.54 Å². The first-order valence-corrected chi connectivity index (χ1v) is 14.5. The molecule has 1 aromatic carbocycles. The summed E-state index contributed by atoms with van der Waals surface area (Å²) in [7, 11) is 1.77. The summed E-state index contributed by atoms with van der Waals surface area (Å²) >= 11 is 1.65. The van der Waals surface area contributed by atoms with Crippen LogP contribution in [0.3, 0.4) is 0 Å². The highest BCUT2D eigenvalue weighted by atomic mass is 32.2. The van der Waals surface area contributed by atoms with Gasteiger partial charge in [-0.15, -0.1) is 11.8 Å². The first-order valence-electron chi connectivity index (χ1n) is 13.3. The molecule has 0 aromatic heterocycles. The summed E-state index contributed by atoms with van der Waals surface area (Å²) in [5.41, 5.74) is 1.08. The smallest absolute Gasteiger partial charge is 0.220 e. The zero-order chi connectivity index (χ0) is 30.6. The van der Waals surface area contributed by atoms with Crippen LogP contribution in [0.2, 0.25) is 0 Å². The van der Waals surface area contributed by atoms with Gasteiger partial charge >= 0.3 is 0 Å². The lowest BCUT2D eigenvalue weighted by molar-refractivity contribution is -0.137. The number of rotatable bonds is 7. The van der Waals surface area contributed by atoms with E-state index in [2.05, 4.69) is 33.0 Å². The third-order valence-corrected chi connectivity index (χ3v) is 4.87. The number of carbonyl (C=O) groups excluding carboxylic acids is 4. The fourth-order valence-corrected chi connectivity index (χ4v) is 2.57. The second-order valence-corrected chi connectivity index (χ2v) is 9.04. The molecule has 0 aliphatic heterocycles. The highest BCUT2D eigenvalue weighted by Crippen LogP contribution is 2.22. The third-order valence-electron chi connectivity index (χ3n) is 4.04. The molecule has 0 fully saturated rings. The summed E-state index contributed by atoms with van der Waals surface area (Å²) in [6.45, 7) is 24.2. The Labute approximate surface area is 263 Å². The number of thioether (sulfide) groups is 1. The summed E-state index contributed by atoms with van der Waals surface area (Å²) in [4.78, 5) is 45.6. The molecule has 7 heteroatoms.